The van der Waals surface area contributed by atoms with Crippen LogP contribution in [-0.4, -0.2) is 23.5 Å². The molecule has 0 aromatic heterocycles. The summed E-state index contributed by atoms with van der Waals surface area (Å²) < 4.78 is 0. The second-order valence-corrected chi connectivity index (χ2v) is 11.1. The molecule has 0 bridgehead atoms. The molecule has 0 saturated carbocycles. The van der Waals surface area contributed by atoms with Gasteiger partial charge in [0.15, 0.2) is 0 Å². The molecule has 3 heteroatoms. The van der Waals surface area contributed by atoms with Crippen molar-refractivity contribution in [3.63, 3.8) is 0 Å². The van der Waals surface area contributed by atoms with E-state index in [0.29, 0.717) is 0 Å². The molecule has 0 saturated heterocycles. The van der Waals surface area contributed by atoms with Crippen LogP contribution in [0, 0.1) is 119 Å². The normalized spacial score (nSPS) is 11.8. The Hall–Kier alpha value is -0.376. The molecule has 187 valence electrons. The molecule has 0 aliphatic heterocycles. The van der Waals surface area contributed by atoms with Crippen molar-refractivity contribution < 1.29 is 49.4 Å². The Labute approximate surface area is 247 Å². The zero-order valence-corrected chi connectivity index (χ0v) is 26.9. The van der Waals surface area contributed by atoms with Gasteiger partial charge in [0.1, 0.15) is 0 Å². The van der Waals surface area contributed by atoms with Crippen molar-refractivity contribution in [2.75, 3.05) is 0 Å². The standard InChI is InChI=1S/C10H20N2.2C10H15.Eu/c1-9(2,3)11-7-8-12-10(4,5)6;2*1-6-7(2)9(4)10(5)8(6)3;/h7-8H,1-6H3;2*1-5H3;/q;2*-1;+2. The van der Waals surface area contributed by atoms with Crippen LogP contribution in [0.3, 0.4) is 0 Å². The largest absolute Gasteiger partial charge is 2.00 e. The summed E-state index contributed by atoms with van der Waals surface area (Å²) in [6.45, 7) is 34.4. The molecule has 0 aliphatic rings. The minimum Gasteiger partial charge on any atom is -0.286 e. The van der Waals surface area contributed by atoms with Crippen LogP contribution in [0.25, 0.3) is 0 Å². The van der Waals surface area contributed by atoms with Crippen molar-refractivity contribution in [1.82, 2.24) is 0 Å². The summed E-state index contributed by atoms with van der Waals surface area (Å²) in [7, 11) is 0. The maximum Gasteiger partial charge on any atom is 2.00 e. The van der Waals surface area contributed by atoms with E-state index >= 15 is 0 Å². The first-order valence-electron chi connectivity index (χ1n) is 11.8. The predicted molar refractivity (Wildman–Crippen MR) is 148 cm³/mol. The van der Waals surface area contributed by atoms with Crippen molar-refractivity contribution in [1.29, 1.82) is 0 Å². The zero-order valence-electron chi connectivity index (χ0n) is 24.4. The van der Waals surface area contributed by atoms with E-state index in [9.17, 15) is 0 Å². The molecule has 2 nitrogen and oxygen atoms in total. The van der Waals surface area contributed by atoms with Gasteiger partial charge in [0.25, 0.3) is 0 Å². The topological polar surface area (TPSA) is 24.7 Å². The fourth-order valence-corrected chi connectivity index (χ4v) is 3.33. The molecule has 2 aromatic carbocycles. The molecule has 0 spiro atoms. The molecule has 0 aliphatic carbocycles. The first-order valence-corrected chi connectivity index (χ1v) is 11.8. The van der Waals surface area contributed by atoms with E-state index in [1.54, 1.807) is 12.4 Å². The molecule has 2 rings (SSSR count). The van der Waals surface area contributed by atoms with Gasteiger partial charge in [-0.1, -0.05) is 69.2 Å². The summed E-state index contributed by atoms with van der Waals surface area (Å²) in [5, 5.41) is 0. The Balaban J connectivity index is 0. The van der Waals surface area contributed by atoms with Gasteiger partial charge in [-0.25, -0.2) is 0 Å². The first-order chi connectivity index (χ1) is 14.3. The monoisotopic (exact) mass is 591 g/mol. The number of hydrogen-bond donors (Lipinski definition) is 0. The van der Waals surface area contributed by atoms with E-state index in [-0.39, 0.29) is 60.5 Å². The van der Waals surface area contributed by atoms with E-state index in [4.69, 9.17) is 0 Å². The molecule has 0 heterocycles. The van der Waals surface area contributed by atoms with Crippen molar-refractivity contribution in [3.8, 4) is 0 Å². The third kappa shape index (κ3) is 11.7. The van der Waals surface area contributed by atoms with Crippen LogP contribution in [0.1, 0.15) is 97.2 Å². The second kappa shape index (κ2) is 14.2. The van der Waals surface area contributed by atoms with E-state index < -0.39 is 0 Å². The Kier molecular flexibility index (Phi) is 15.0. The van der Waals surface area contributed by atoms with E-state index in [1.165, 1.54) is 55.6 Å². The summed E-state index contributed by atoms with van der Waals surface area (Å²) in [5.74, 6) is 0. The van der Waals surface area contributed by atoms with Gasteiger partial charge in [-0.05, 0) is 41.5 Å². The summed E-state index contributed by atoms with van der Waals surface area (Å²) in [5.41, 5.74) is 14.7. The molecule has 1 radical (unpaired) electrons. The second-order valence-electron chi connectivity index (χ2n) is 11.1. The van der Waals surface area contributed by atoms with E-state index in [2.05, 4.69) is 121 Å². The Morgan fingerprint density at radius 2 is 0.667 bits per heavy atom. The van der Waals surface area contributed by atoms with Crippen LogP contribution in [0.4, 0.5) is 0 Å². The minimum absolute atomic E-state index is 0. The Morgan fingerprint density at radius 3 is 0.758 bits per heavy atom. The number of nitrogens with zero attached hydrogens (tertiary/aromatic N) is 2. The summed E-state index contributed by atoms with van der Waals surface area (Å²) in [4.78, 5) is 8.57. The molecule has 0 fully saturated rings. The van der Waals surface area contributed by atoms with Gasteiger partial charge < -0.3 is 0 Å². The third-order valence-corrected chi connectivity index (χ3v) is 6.62. The van der Waals surface area contributed by atoms with Gasteiger partial charge in [0.05, 0.1) is 11.1 Å². The molecule has 0 unspecified atom stereocenters. The number of rotatable bonds is 1. The molecular formula is C30H50EuN2. The van der Waals surface area contributed by atoms with Gasteiger partial charge in [0, 0.05) is 12.4 Å². The Bertz CT molecular complexity index is 697. The molecule has 0 atom stereocenters. The van der Waals surface area contributed by atoms with Crippen LogP contribution >= 0.6 is 0 Å². The Morgan fingerprint density at radius 1 is 0.485 bits per heavy atom. The smallest absolute Gasteiger partial charge is 0.286 e. The molecule has 0 N–H and O–H groups in total. The minimum atomic E-state index is 0. The van der Waals surface area contributed by atoms with Gasteiger partial charge >= 0.3 is 49.4 Å². The zero-order chi connectivity index (χ0) is 25.6. The van der Waals surface area contributed by atoms with Crippen LogP contribution < -0.4 is 0 Å². The summed E-state index contributed by atoms with van der Waals surface area (Å²) in [6, 6.07) is 0. The fourth-order valence-electron chi connectivity index (χ4n) is 3.33. The van der Waals surface area contributed by atoms with E-state index in [0.717, 1.165) is 0 Å². The van der Waals surface area contributed by atoms with Gasteiger partial charge in [-0.3, -0.25) is 9.98 Å². The first kappa shape index (κ1) is 34.8. The van der Waals surface area contributed by atoms with Crippen molar-refractivity contribution in [2.45, 2.75) is 122 Å². The van der Waals surface area contributed by atoms with Gasteiger partial charge in [0.2, 0.25) is 0 Å². The molecule has 2 aromatic rings. The maximum atomic E-state index is 4.29. The molecule has 33 heavy (non-hydrogen) atoms. The van der Waals surface area contributed by atoms with Crippen LogP contribution in [0.2, 0.25) is 0 Å². The van der Waals surface area contributed by atoms with Crippen molar-refractivity contribution in [2.24, 2.45) is 9.98 Å². The quantitative estimate of drug-likeness (QED) is 0.235. The van der Waals surface area contributed by atoms with Crippen molar-refractivity contribution in [3.05, 3.63) is 55.6 Å². The predicted octanol–water partition coefficient (Wildman–Crippen LogP) is 8.62. The van der Waals surface area contributed by atoms with Gasteiger partial charge in [-0.2, -0.15) is 55.6 Å². The van der Waals surface area contributed by atoms with Crippen molar-refractivity contribution >= 4 is 12.4 Å². The van der Waals surface area contributed by atoms with Gasteiger partial charge in [-0.15, -0.1) is 0 Å². The van der Waals surface area contributed by atoms with Crippen LogP contribution in [0.15, 0.2) is 9.98 Å². The number of aliphatic imine (C=N–C) groups is 2. The van der Waals surface area contributed by atoms with Crippen LogP contribution in [0.5, 0.6) is 0 Å². The van der Waals surface area contributed by atoms with E-state index in [1.807, 2.05) is 0 Å². The molecular weight excluding hydrogens is 540 g/mol. The SMILES string of the molecule is CC(C)(C)N=CC=NC(C)(C)C.Cc1c(C)c(C)[c-](C)c1C.Cc1c(C)c(C)[c-](C)c1C.[Eu+2]. The number of hydrogen-bond acceptors (Lipinski definition) is 2. The summed E-state index contributed by atoms with van der Waals surface area (Å²) >= 11 is 0. The maximum absolute atomic E-state index is 4.29. The average Bonchev–Trinajstić information content (AvgIpc) is 2.95. The molecule has 0 amide bonds. The van der Waals surface area contributed by atoms with Crippen LogP contribution in [-0.2, 0) is 0 Å². The fraction of sp³-hybridized carbons (Fsp3) is 0.600. The summed E-state index contributed by atoms with van der Waals surface area (Å²) in [6.07, 6.45) is 3.54. The third-order valence-electron chi connectivity index (χ3n) is 6.62. The average molecular weight is 591 g/mol.